The molecule has 5 atom stereocenters. The highest BCUT2D eigenvalue weighted by Crippen LogP contribution is 2.63. The molecule has 3 aliphatic carbocycles. The van der Waals surface area contributed by atoms with E-state index in [1.165, 1.54) is 5.57 Å². The second-order valence-corrected chi connectivity index (χ2v) is 13.6. The molecule has 0 radical (unpaired) electrons. The molecule has 3 N–H and O–H groups in total. The van der Waals surface area contributed by atoms with Crippen molar-refractivity contribution in [3.63, 3.8) is 0 Å². The Morgan fingerprint density at radius 2 is 1.93 bits per heavy atom. The van der Waals surface area contributed by atoms with Crippen LogP contribution in [0.5, 0.6) is 0 Å². The van der Waals surface area contributed by atoms with Crippen molar-refractivity contribution in [3.05, 3.63) is 58.7 Å². The van der Waals surface area contributed by atoms with Crippen LogP contribution in [0.1, 0.15) is 104 Å². The van der Waals surface area contributed by atoms with Gasteiger partial charge in [0.05, 0.1) is 23.9 Å². The minimum atomic E-state index is -1.11. The summed E-state index contributed by atoms with van der Waals surface area (Å²) in [6.45, 7) is 10.7. The summed E-state index contributed by atoms with van der Waals surface area (Å²) in [4.78, 5) is 12.0. The van der Waals surface area contributed by atoms with E-state index in [4.69, 9.17) is 4.74 Å². The predicted octanol–water partition coefficient (Wildman–Crippen LogP) is 6.69. The van der Waals surface area contributed by atoms with Gasteiger partial charge in [-0.1, -0.05) is 72.3 Å². The van der Waals surface area contributed by atoms with E-state index in [0.29, 0.717) is 57.3 Å². The van der Waals surface area contributed by atoms with Gasteiger partial charge in [0.25, 0.3) is 0 Å². The summed E-state index contributed by atoms with van der Waals surface area (Å²) in [6, 6.07) is 0. The monoisotopic (exact) mass is 576 g/mol. The summed E-state index contributed by atoms with van der Waals surface area (Å²) in [5.41, 5.74) is 2.39. The zero-order valence-corrected chi connectivity index (χ0v) is 26.1. The predicted molar refractivity (Wildman–Crippen MR) is 168 cm³/mol. The van der Waals surface area contributed by atoms with Gasteiger partial charge in [-0.25, -0.2) is 0 Å². The number of rotatable bonds is 5. The zero-order chi connectivity index (χ0) is 30.4. The van der Waals surface area contributed by atoms with Gasteiger partial charge >= 0.3 is 0 Å². The molecule has 1 spiro atoms. The van der Waals surface area contributed by atoms with E-state index in [2.05, 4.69) is 31.4 Å². The van der Waals surface area contributed by atoms with Crippen LogP contribution >= 0.6 is 0 Å². The van der Waals surface area contributed by atoms with Gasteiger partial charge in [0.2, 0.25) is 0 Å². The van der Waals surface area contributed by atoms with Crippen molar-refractivity contribution in [2.45, 2.75) is 122 Å². The molecule has 5 nitrogen and oxygen atoms in total. The van der Waals surface area contributed by atoms with Crippen molar-refractivity contribution in [3.8, 4) is 11.8 Å². The number of aliphatic hydroxyl groups is 3. The first-order valence-corrected chi connectivity index (χ1v) is 16.0. The van der Waals surface area contributed by atoms with E-state index in [1.54, 1.807) is 0 Å². The van der Waals surface area contributed by atoms with Crippen LogP contribution in [-0.2, 0) is 9.53 Å². The zero-order valence-electron chi connectivity index (χ0n) is 26.1. The van der Waals surface area contributed by atoms with Crippen molar-refractivity contribution in [2.24, 2.45) is 17.3 Å². The largest absolute Gasteiger partial charge is 0.392 e. The van der Waals surface area contributed by atoms with Crippen LogP contribution in [-0.4, -0.2) is 52.1 Å². The molecule has 1 aliphatic heterocycles. The van der Waals surface area contributed by atoms with Crippen LogP contribution in [0, 0.1) is 29.1 Å². The first-order chi connectivity index (χ1) is 20.0. The van der Waals surface area contributed by atoms with Crippen molar-refractivity contribution < 1.29 is 24.9 Å². The molecule has 0 amide bonds. The fraction of sp³-hybridized carbons (Fsp3) is 0.649. The molecule has 5 heteroatoms. The van der Waals surface area contributed by atoms with Gasteiger partial charge in [-0.2, -0.15) is 0 Å². The fourth-order valence-electron chi connectivity index (χ4n) is 8.28. The minimum absolute atomic E-state index is 0.184. The summed E-state index contributed by atoms with van der Waals surface area (Å²) < 4.78 is 6.02. The second kappa shape index (κ2) is 14.0. The maximum absolute atomic E-state index is 12.3. The summed E-state index contributed by atoms with van der Waals surface area (Å²) >= 11 is 0. The van der Waals surface area contributed by atoms with Gasteiger partial charge in [-0.3, -0.25) is 4.79 Å². The Kier molecular flexibility index (Phi) is 10.9. The van der Waals surface area contributed by atoms with Crippen LogP contribution in [0.25, 0.3) is 0 Å². The third-order valence-corrected chi connectivity index (χ3v) is 10.8. The third-order valence-electron chi connectivity index (χ3n) is 10.8. The molecule has 4 rings (SSSR count). The molecule has 0 aromatic heterocycles. The van der Waals surface area contributed by atoms with Gasteiger partial charge in [0.15, 0.2) is 0 Å². The molecule has 0 aromatic carbocycles. The van der Waals surface area contributed by atoms with Gasteiger partial charge in [0, 0.05) is 17.8 Å². The van der Waals surface area contributed by atoms with Crippen LogP contribution in [0.15, 0.2) is 58.7 Å². The molecule has 3 fully saturated rings. The lowest BCUT2D eigenvalue weighted by molar-refractivity contribution is -0.169. The SMILES string of the molecule is C=C1/C=C/C=C(/[C@H]2CC[C@@]3([C@H](CCC4(O)CCCC4)/C(=C(\C)C=O)CC[C@@]3(C)O)[C@@H]2O)COCC#CC/C(C)=C/CC1. The highest BCUT2D eigenvalue weighted by Gasteiger charge is 2.64. The molecule has 0 bridgehead atoms. The lowest BCUT2D eigenvalue weighted by Crippen LogP contribution is -2.59. The number of allylic oxidation sites excluding steroid dienone is 8. The molecule has 0 unspecified atom stereocenters. The maximum Gasteiger partial charge on any atom is 0.145 e. The Labute approximate surface area is 253 Å². The molecular weight excluding hydrogens is 524 g/mol. The molecule has 42 heavy (non-hydrogen) atoms. The number of hydrogen-bond acceptors (Lipinski definition) is 5. The van der Waals surface area contributed by atoms with Gasteiger partial charge in [-0.15, -0.1) is 0 Å². The first kappa shape index (κ1) is 32.7. The number of aldehydes is 1. The topological polar surface area (TPSA) is 87.0 Å². The first-order valence-electron chi connectivity index (χ1n) is 16.0. The Bertz CT molecular complexity index is 1180. The Morgan fingerprint density at radius 1 is 1.17 bits per heavy atom. The lowest BCUT2D eigenvalue weighted by Gasteiger charge is -2.56. The van der Waals surface area contributed by atoms with Crippen LogP contribution in [0.3, 0.4) is 0 Å². The lowest BCUT2D eigenvalue weighted by atomic mass is 9.52. The minimum Gasteiger partial charge on any atom is -0.392 e. The van der Waals surface area contributed by atoms with E-state index in [0.717, 1.165) is 68.0 Å². The molecule has 1 heterocycles. The highest BCUT2D eigenvalue weighted by atomic mass is 16.5. The van der Waals surface area contributed by atoms with Crippen molar-refractivity contribution in [1.82, 2.24) is 0 Å². The fourth-order valence-corrected chi connectivity index (χ4v) is 8.28. The number of ether oxygens (including phenoxy) is 1. The summed E-state index contributed by atoms with van der Waals surface area (Å²) in [5, 5.41) is 35.7. The van der Waals surface area contributed by atoms with E-state index in [9.17, 15) is 20.1 Å². The number of carbonyl (C=O) groups is 1. The van der Waals surface area contributed by atoms with E-state index < -0.39 is 22.7 Å². The smallest absolute Gasteiger partial charge is 0.145 e. The molecule has 0 aromatic rings. The number of carbonyl (C=O) groups excluding carboxylic acids is 1. The third kappa shape index (κ3) is 7.11. The van der Waals surface area contributed by atoms with Gasteiger partial charge in [0.1, 0.15) is 12.9 Å². The molecular formula is C37H52O5. The van der Waals surface area contributed by atoms with E-state index >= 15 is 0 Å². The van der Waals surface area contributed by atoms with Crippen LogP contribution in [0.4, 0.5) is 0 Å². The van der Waals surface area contributed by atoms with E-state index in [1.807, 2.05) is 32.1 Å². The van der Waals surface area contributed by atoms with Crippen molar-refractivity contribution in [1.29, 1.82) is 0 Å². The highest BCUT2D eigenvalue weighted by molar-refractivity contribution is 5.74. The van der Waals surface area contributed by atoms with Gasteiger partial charge < -0.3 is 20.1 Å². The average molecular weight is 577 g/mol. The summed E-state index contributed by atoms with van der Waals surface area (Å²) in [7, 11) is 0. The second-order valence-electron chi connectivity index (χ2n) is 13.6. The molecule has 0 saturated heterocycles. The van der Waals surface area contributed by atoms with Crippen LogP contribution in [0.2, 0.25) is 0 Å². The van der Waals surface area contributed by atoms with Gasteiger partial charge in [-0.05, 0) is 102 Å². The quantitative estimate of drug-likeness (QED) is 0.147. The molecule has 4 aliphatic rings. The Hall–Kier alpha value is -2.23. The Morgan fingerprint density at radius 3 is 2.67 bits per heavy atom. The van der Waals surface area contributed by atoms with E-state index in [-0.39, 0.29) is 11.8 Å². The summed E-state index contributed by atoms with van der Waals surface area (Å²) in [6.07, 6.45) is 18.3. The van der Waals surface area contributed by atoms with Crippen molar-refractivity contribution >= 4 is 6.29 Å². The number of aliphatic hydroxyl groups excluding tert-OH is 1. The molecule has 3 saturated carbocycles. The summed E-state index contributed by atoms with van der Waals surface area (Å²) in [5.74, 6) is 5.94. The van der Waals surface area contributed by atoms with Crippen molar-refractivity contribution in [2.75, 3.05) is 13.2 Å². The molecule has 230 valence electrons. The van der Waals surface area contributed by atoms with Crippen LogP contribution < -0.4 is 0 Å². The average Bonchev–Trinajstić information content (AvgIpc) is 3.54. The number of hydrogen-bond donors (Lipinski definition) is 3. The maximum atomic E-state index is 12.3. The Balaban J connectivity index is 1.67. The standard InChI is InChI=1S/C37H52O5/c1-27-11-5-8-24-42-26-30(15-10-14-28(2)13-9-12-27)32-17-23-37(34(32)39)33(18-22-36(41)19-6-7-20-36)31(29(3)25-38)16-21-35(37,4)40/h10,12,14-15,25,32-34,39-41H,2,6-7,9,11,13,16-24,26H2,1,3-4H3/b14-10+,27-12+,30-15+,31-29+/t32-,33-,34-,35-,37-/m1/s1. The normalized spacial score (nSPS) is 38.7.